The molecule has 8 heteroatoms. The Kier molecular flexibility index (Phi) is 9.56. The van der Waals surface area contributed by atoms with Crippen LogP contribution >= 0.6 is 47.1 Å². The second-order valence-electron chi connectivity index (χ2n) is 4.24. The SMILES string of the molecule is CCNC(=NCc1coc(-c2cccs2)n1)NCCSC.I. The third kappa shape index (κ3) is 6.17. The molecule has 2 aromatic heterocycles. The predicted molar refractivity (Wildman–Crippen MR) is 106 cm³/mol. The van der Waals surface area contributed by atoms with E-state index in [0.29, 0.717) is 12.4 Å². The molecule has 0 aliphatic rings. The van der Waals surface area contributed by atoms with Crippen molar-refractivity contribution in [2.45, 2.75) is 13.5 Å². The molecule has 2 aromatic rings. The maximum atomic E-state index is 5.49. The summed E-state index contributed by atoms with van der Waals surface area (Å²) in [7, 11) is 0. The zero-order chi connectivity index (χ0) is 14.9. The van der Waals surface area contributed by atoms with E-state index in [1.54, 1.807) is 29.4 Å². The number of guanidine groups is 1. The van der Waals surface area contributed by atoms with Crippen LogP contribution in [-0.4, -0.2) is 36.0 Å². The first-order valence-corrected chi connectivity index (χ1v) is 9.10. The van der Waals surface area contributed by atoms with Crippen LogP contribution < -0.4 is 10.6 Å². The Hall–Kier alpha value is -0.740. The van der Waals surface area contributed by atoms with Crippen LogP contribution in [0.5, 0.6) is 0 Å². The van der Waals surface area contributed by atoms with Crippen molar-refractivity contribution in [2.75, 3.05) is 25.1 Å². The topological polar surface area (TPSA) is 62.5 Å². The van der Waals surface area contributed by atoms with Gasteiger partial charge in [-0.25, -0.2) is 9.98 Å². The molecule has 0 spiro atoms. The van der Waals surface area contributed by atoms with E-state index >= 15 is 0 Å². The van der Waals surface area contributed by atoms with Crippen LogP contribution in [0.25, 0.3) is 10.8 Å². The first-order valence-electron chi connectivity index (χ1n) is 6.83. The van der Waals surface area contributed by atoms with Crippen molar-refractivity contribution < 1.29 is 4.42 Å². The summed E-state index contributed by atoms with van der Waals surface area (Å²) in [5, 5.41) is 8.52. The number of nitrogens with zero attached hydrogens (tertiary/aromatic N) is 2. The molecule has 2 heterocycles. The first-order chi connectivity index (χ1) is 10.3. The Morgan fingerprint density at radius 2 is 2.32 bits per heavy atom. The summed E-state index contributed by atoms with van der Waals surface area (Å²) in [6, 6.07) is 3.98. The van der Waals surface area contributed by atoms with Crippen LogP contribution in [0.3, 0.4) is 0 Å². The maximum Gasteiger partial charge on any atom is 0.236 e. The average molecular weight is 452 g/mol. The van der Waals surface area contributed by atoms with Crippen molar-refractivity contribution in [1.82, 2.24) is 15.6 Å². The van der Waals surface area contributed by atoms with Crippen LogP contribution in [0, 0.1) is 0 Å². The molecule has 0 saturated heterocycles. The van der Waals surface area contributed by atoms with Gasteiger partial charge in [0.15, 0.2) is 5.96 Å². The number of nitrogens with one attached hydrogen (secondary N) is 2. The molecule has 5 nitrogen and oxygen atoms in total. The molecule has 2 rings (SSSR count). The quantitative estimate of drug-likeness (QED) is 0.292. The molecule has 0 fully saturated rings. The van der Waals surface area contributed by atoms with Gasteiger partial charge in [-0.3, -0.25) is 0 Å². The van der Waals surface area contributed by atoms with Crippen LogP contribution in [-0.2, 0) is 6.54 Å². The lowest BCUT2D eigenvalue weighted by molar-refractivity contribution is 0.574. The lowest BCUT2D eigenvalue weighted by Gasteiger charge is -2.09. The highest BCUT2D eigenvalue weighted by Gasteiger charge is 2.07. The van der Waals surface area contributed by atoms with Gasteiger partial charge in [-0.05, 0) is 24.6 Å². The van der Waals surface area contributed by atoms with Crippen LogP contribution in [0.2, 0.25) is 0 Å². The van der Waals surface area contributed by atoms with Crippen LogP contribution in [0.4, 0.5) is 0 Å². The highest BCUT2D eigenvalue weighted by molar-refractivity contribution is 14.0. The number of rotatable bonds is 7. The third-order valence-corrected chi connectivity index (χ3v) is 4.10. The fourth-order valence-corrected chi connectivity index (χ4v) is 2.63. The normalized spacial score (nSPS) is 11.1. The Morgan fingerprint density at radius 1 is 1.45 bits per heavy atom. The molecule has 0 bridgehead atoms. The van der Waals surface area contributed by atoms with E-state index < -0.39 is 0 Å². The third-order valence-electron chi connectivity index (χ3n) is 2.63. The molecule has 0 aliphatic carbocycles. The molecule has 0 saturated carbocycles. The predicted octanol–water partition coefficient (Wildman–Crippen LogP) is 3.44. The Balaban J connectivity index is 0.00000242. The first kappa shape index (κ1) is 19.3. The van der Waals surface area contributed by atoms with Crippen LogP contribution in [0.1, 0.15) is 12.6 Å². The monoisotopic (exact) mass is 452 g/mol. The van der Waals surface area contributed by atoms with Crippen molar-refractivity contribution in [3.63, 3.8) is 0 Å². The largest absolute Gasteiger partial charge is 0.443 e. The lowest BCUT2D eigenvalue weighted by Crippen LogP contribution is -2.38. The highest BCUT2D eigenvalue weighted by atomic mass is 127. The fourth-order valence-electron chi connectivity index (χ4n) is 1.67. The van der Waals surface area contributed by atoms with Gasteiger partial charge in [0.05, 0.1) is 11.4 Å². The average Bonchev–Trinajstić information content (AvgIpc) is 3.15. The second-order valence-corrected chi connectivity index (χ2v) is 6.17. The van der Waals surface area contributed by atoms with Gasteiger partial charge in [0.1, 0.15) is 12.0 Å². The molecule has 22 heavy (non-hydrogen) atoms. The summed E-state index contributed by atoms with van der Waals surface area (Å²) in [5.74, 6) is 2.53. The van der Waals surface area contributed by atoms with Gasteiger partial charge in [0, 0.05) is 18.8 Å². The number of aromatic nitrogens is 1. The molecular formula is C14H21IN4OS2. The highest BCUT2D eigenvalue weighted by Crippen LogP contribution is 2.23. The van der Waals surface area contributed by atoms with Gasteiger partial charge in [0.2, 0.25) is 5.89 Å². The molecule has 0 radical (unpaired) electrons. The van der Waals surface area contributed by atoms with Crippen molar-refractivity contribution in [3.05, 3.63) is 29.5 Å². The summed E-state index contributed by atoms with van der Waals surface area (Å²) < 4.78 is 5.49. The zero-order valence-electron chi connectivity index (χ0n) is 12.7. The zero-order valence-corrected chi connectivity index (χ0v) is 16.6. The number of thioether (sulfide) groups is 1. The number of oxazole rings is 1. The van der Waals surface area contributed by atoms with Crippen LogP contribution in [0.15, 0.2) is 33.2 Å². The minimum absolute atomic E-state index is 0. The summed E-state index contributed by atoms with van der Waals surface area (Å²) in [5.41, 5.74) is 0.834. The minimum Gasteiger partial charge on any atom is -0.443 e. The van der Waals surface area contributed by atoms with Gasteiger partial charge >= 0.3 is 0 Å². The van der Waals surface area contributed by atoms with Crippen molar-refractivity contribution in [3.8, 4) is 10.8 Å². The van der Waals surface area contributed by atoms with Crippen molar-refractivity contribution in [1.29, 1.82) is 0 Å². The van der Waals surface area contributed by atoms with Gasteiger partial charge in [-0.2, -0.15) is 11.8 Å². The minimum atomic E-state index is 0. The van der Waals surface area contributed by atoms with Crippen molar-refractivity contribution >= 4 is 53.0 Å². The Bertz CT molecular complexity index is 557. The van der Waals surface area contributed by atoms with Gasteiger partial charge < -0.3 is 15.1 Å². The van der Waals surface area contributed by atoms with E-state index in [4.69, 9.17) is 4.42 Å². The van der Waals surface area contributed by atoms with E-state index in [1.165, 1.54) is 0 Å². The number of hydrogen-bond donors (Lipinski definition) is 2. The number of aliphatic imine (C=N–C) groups is 1. The number of thiophene rings is 1. The Morgan fingerprint density at radius 3 is 3.00 bits per heavy atom. The fraction of sp³-hybridized carbons (Fsp3) is 0.429. The van der Waals surface area contributed by atoms with E-state index in [1.807, 2.05) is 17.5 Å². The molecular weight excluding hydrogens is 431 g/mol. The number of hydrogen-bond acceptors (Lipinski definition) is 5. The smallest absolute Gasteiger partial charge is 0.236 e. The Labute approximate surface area is 156 Å². The molecule has 122 valence electrons. The molecule has 2 N–H and O–H groups in total. The summed E-state index contributed by atoms with van der Waals surface area (Å²) in [4.78, 5) is 10.0. The maximum absolute atomic E-state index is 5.49. The second kappa shape index (κ2) is 10.9. The van der Waals surface area contributed by atoms with E-state index in [-0.39, 0.29) is 24.0 Å². The molecule has 0 amide bonds. The van der Waals surface area contributed by atoms with Gasteiger partial charge in [-0.1, -0.05) is 6.07 Å². The molecule has 0 aliphatic heterocycles. The molecule has 0 aromatic carbocycles. The summed E-state index contributed by atoms with van der Waals surface area (Å²) in [6.07, 6.45) is 3.76. The molecule has 0 unspecified atom stereocenters. The van der Waals surface area contributed by atoms with E-state index in [2.05, 4.69) is 33.8 Å². The van der Waals surface area contributed by atoms with E-state index in [9.17, 15) is 0 Å². The summed E-state index contributed by atoms with van der Waals surface area (Å²) >= 11 is 3.42. The van der Waals surface area contributed by atoms with Gasteiger partial charge in [-0.15, -0.1) is 35.3 Å². The van der Waals surface area contributed by atoms with E-state index in [0.717, 1.165) is 35.4 Å². The van der Waals surface area contributed by atoms with Gasteiger partial charge in [0.25, 0.3) is 0 Å². The molecule has 0 atom stereocenters. The number of halogens is 1. The lowest BCUT2D eigenvalue weighted by atomic mass is 10.4. The standard InChI is InChI=1S/C14H20N4OS2.HI/c1-3-15-14(16-6-8-20-2)17-9-11-10-19-13(18-11)12-5-4-7-21-12;/h4-5,7,10H,3,6,8-9H2,1-2H3,(H2,15,16,17);1H. The summed E-state index contributed by atoms with van der Waals surface area (Å²) in [6.45, 7) is 4.29. The van der Waals surface area contributed by atoms with Crippen molar-refractivity contribution in [2.24, 2.45) is 4.99 Å².